The highest BCUT2D eigenvalue weighted by atomic mass is 32.1. The molecule has 6 aromatic carbocycles. The summed E-state index contributed by atoms with van der Waals surface area (Å²) in [6, 6.07) is 56.0. The zero-order valence-electron chi connectivity index (χ0n) is 28.5. The van der Waals surface area contributed by atoms with Gasteiger partial charge in [0.1, 0.15) is 5.71 Å². The van der Waals surface area contributed by atoms with E-state index in [9.17, 15) is 0 Å². The highest BCUT2D eigenvalue weighted by Gasteiger charge is 2.24. The lowest BCUT2D eigenvalue weighted by atomic mass is 9.87. The Labute approximate surface area is 313 Å². The SMILES string of the molecule is N=C1C=Cc2c(-c3ccccc3)nc3cc(-c4cccc(-c5cc(-c6ccccc6)nc(-c6ccc(-c7ccccc7)cc6)n5)c4)ccc3c2/C1=N/S. The Balaban J connectivity index is 1.15. The van der Waals surface area contributed by atoms with Crippen molar-refractivity contribution in [3.05, 3.63) is 181 Å². The predicted molar refractivity (Wildman–Crippen MR) is 222 cm³/mol. The smallest absolute Gasteiger partial charge is 0.160 e. The zero-order chi connectivity index (χ0) is 35.7. The molecule has 9 rings (SSSR count). The van der Waals surface area contributed by atoms with Crippen molar-refractivity contribution in [2.24, 2.45) is 4.40 Å². The average molecular weight is 698 g/mol. The fraction of sp³-hybridized carbons (Fsp3) is 0. The highest BCUT2D eigenvalue weighted by molar-refractivity contribution is 7.79. The minimum atomic E-state index is 0.321. The van der Waals surface area contributed by atoms with E-state index < -0.39 is 0 Å². The van der Waals surface area contributed by atoms with Gasteiger partial charge in [-0.05, 0) is 65.4 Å². The largest absolute Gasteiger partial charge is 0.299 e. The molecule has 1 aliphatic rings. The van der Waals surface area contributed by atoms with Gasteiger partial charge in [-0.15, -0.1) is 0 Å². The number of hydrogen-bond acceptors (Lipinski definition) is 6. The van der Waals surface area contributed by atoms with Crippen molar-refractivity contribution in [1.82, 2.24) is 15.0 Å². The van der Waals surface area contributed by atoms with Gasteiger partial charge in [0.15, 0.2) is 5.82 Å². The second-order valence-corrected chi connectivity index (χ2v) is 13.1. The number of nitrogens with one attached hydrogen (secondary N) is 1. The monoisotopic (exact) mass is 697 g/mol. The van der Waals surface area contributed by atoms with Crippen molar-refractivity contribution in [2.75, 3.05) is 0 Å². The number of rotatable bonds is 6. The minimum absolute atomic E-state index is 0.321. The van der Waals surface area contributed by atoms with Crippen LogP contribution in [0.5, 0.6) is 0 Å². The van der Waals surface area contributed by atoms with E-state index in [1.807, 2.05) is 48.5 Å². The van der Waals surface area contributed by atoms with E-state index in [1.54, 1.807) is 6.08 Å². The molecule has 0 saturated carbocycles. The molecule has 0 unspecified atom stereocenters. The lowest BCUT2D eigenvalue weighted by Crippen LogP contribution is -2.18. The van der Waals surface area contributed by atoms with Crippen molar-refractivity contribution >= 4 is 41.2 Å². The summed E-state index contributed by atoms with van der Waals surface area (Å²) in [5.41, 5.74) is 14.3. The lowest BCUT2D eigenvalue weighted by Gasteiger charge is -2.20. The van der Waals surface area contributed by atoms with Gasteiger partial charge >= 0.3 is 0 Å². The first-order valence-corrected chi connectivity index (χ1v) is 17.8. The standard InChI is InChI=1S/C47H31N5S/c48-40-26-25-39-44(46(40)52-53)38-24-23-36(28-43(38)49-45(39)33-15-8-3-9-16-33)35-17-10-18-37(27-35)42-29-41(32-13-6-2-7-14-32)50-47(51-42)34-21-19-31(20-22-34)30-11-4-1-5-12-30/h1-29,48,53H/b48-40?,52-46+. The molecule has 0 aliphatic heterocycles. The van der Waals surface area contributed by atoms with Crippen LogP contribution in [0, 0.1) is 5.41 Å². The number of benzene rings is 6. The van der Waals surface area contributed by atoms with Crippen molar-refractivity contribution in [2.45, 2.75) is 0 Å². The van der Waals surface area contributed by atoms with Crippen molar-refractivity contribution < 1.29 is 0 Å². The summed E-state index contributed by atoms with van der Waals surface area (Å²) in [6.45, 7) is 0. The molecule has 0 spiro atoms. The van der Waals surface area contributed by atoms with Gasteiger partial charge in [-0.2, -0.15) is 0 Å². The third-order valence-corrected chi connectivity index (χ3v) is 9.82. The Morgan fingerprint density at radius 2 is 1.00 bits per heavy atom. The summed E-state index contributed by atoms with van der Waals surface area (Å²) in [7, 11) is 0. The summed E-state index contributed by atoms with van der Waals surface area (Å²) in [6.07, 6.45) is 3.72. The number of allylic oxidation sites excluding steroid dienone is 1. The lowest BCUT2D eigenvalue weighted by molar-refractivity contribution is 1.18. The Hall–Kier alpha value is -6.76. The second kappa shape index (κ2) is 13.8. The van der Waals surface area contributed by atoms with Crippen LogP contribution in [-0.4, -0.2) is 26.4 Å². The molecular formula is C47H31N5S. The molecule has 0 saturated heterocycles. The molecular weight excluding hydrogens is 667 g/mol. The molecule has 5 nitrogen and oxygen atoms in total. The van der Waals surface area contributed by atoms with Crippen LogP contribution in [0.2, 0.25) is 0 Å². The van der Waals surface area contributed by atoms with E-state index in [2.05, 4.69) is 139 Å². The molecule has 0 bridgehead atoms. The van der Waals surface area contributed by atoms with Gasteiger partial charge in [-0.3, -0.25) is 5.41 Å². The molecule has 53 heavy (non-hydrogen) atoms. The van der Waals surface area contributed by atoms with E-state index in [0.29, 0.717) is 17.2 Å². The number of fused-ring (bicyclic) bond motifs is 3. The topological polar surface area (TPSA) is 74.9 Å². The quantitative estimate of drug-likeness (QED) is 0.170. The van der Waals surface area contributed by atoms with Gasteiger partial charge in [0, 0.05) is 38.8 Å². The number of thiol groups is 1. The number of nitrogens with zero attached hydrogens (tertiary/aromatic N) is 4. The Kier molecular flexibility index (Phi) is 8.35. The van der Waals surface area contributed by atoms with Crippen LogP contribution in [0.4, 0.5) is 0 Å². The molecule has 0 amide bonds. The Morgan fingerprint density at radius 3 is 1.70 bits per heavy atom. The first-order valence-electron chi connectivity index (χ1n) is 17.4. The van der Waals surface area contributed by atoms with Crippen LogP contribution in [0.25, 0.3) is 84.4 Å². The molecule has 0 radical (unpaired) electrons. The third kappa shape index (κ3) is 6.15. The van der Waals surface area contributed by atoms with Crippen molar-refractivity contribution in [1.29, 1.82) is 5.41 Å². The minimum Gasteiger partial charge on any atom is -0.299 e. The van der Waals surface area contributed by atoms with E-state index in [0.717, 1.165) is 78.1 Å². The first kappa shape index (κ1) is 32.2. The maximum Gasteiger partial charge on any atom is 0.160 e. The maximum atomic E-state index is 8.60. The molecule has 8 aromatic rings. The van der Waals surface area contributed by atoms with Crippen molar-refractivity contribution in [3.63, 3.8) is 0 Å². The number of pyridine rings is 1. The number of aromatic nitrogens is 3. The van der Waals surface area contributed by atoms with Gasteiger partial charge in [0.25, 0.3) is 0 Å². The van der Waals surface area contributed by atoms with E-state index in [4.69, 9.17) is 20.4 Å². The Morgan fingerprint density at radius 1 is 0.453 bits per heavy atom. The molecule has 2 aromatic heterocycles. The third-order valence-electron chi connectivity index (χ3n) is 9.62. The van der Waals surface area contributed by atoms with Gasteiger partial charge in [0.05, 0.1) is 28.3 Å². The molecule has 6 heteroatoms. The van der Waals surface area contributed by atoms with Crippen LogP contribution in [0.1, 0.15) is 11.1 Å². The summed E-state index contributed by atoms with van der Waals surface area (Å²) in [5.74, 6) is 0.667. The van der Waals surface area contributed by atoms with Gasteiger partial charge in [0.2, 0.25) is 0 Å². The van der Waals surface area contributed by atoms with Gasteiger partial charge in [-0.1, -0.05) is 146 Å². The summed E-state index contributed by atoms with van der Waals surface area (Å²) in [5, 5.41) is 9.52. The van der Waals surface area contributed by atoms with Crippen LogP contribution in [-0.2, 0) is 0 Å². The fourth-order valence-corrected chi connectivity index (χ4v) is 7.17. The summed E-state index contributed by atoms with van der Waals surface area (Å²) in [4.78, 5) is 15.4. The second-order valence-electron chi connectivity index (χ2n) is 12.9. The van der Waals surface area contributed by atoms with Crippen LogP contribution < -0.4 is 0 Å². The van der Waals surface area contributed by atoms with E-state index in [1.165, 1.54) is 5.56 Å². The summed E-state index contributed by atoms with van der Waals surface area (Å²) < 4.78 is 4.25. The van der Waals surface area contributed by atoms with E-state index >= 15 is 0 Å². The average Bonchev–Trinajstić information content (AvgIpc) is 3.24. The van der Waals surface area contributed by atoms with Crippen molar-refractivity contribution in [3.8, 4) is 67.4 Å². The zero-order valence-corrected chi connectivity index (χ0v) is 29.4. The molecule has 0 atom stereocenters. The molecule has 0 fully saturated rings. The summed E-state index contributed by atoms with van der Waals surface area (Å²) >= 11 is 4.28. The van der Waals surface area contributed by atoms with Crippen LogP contribution >= 0.6 is 12.8 Å². The molecule has 1 aliphatic carbocycles. The highest BCUT2D eigenvalue weighted by Crippen LogP contribution is 2.37. The van der Waals surface area contributed by atoms with Gasteiger partial charge in [-0.25, -0.2) is 19.3 Å². The Bertz CT molecular complexity index is 2720. The van der Waals surface area contributed by atoms with Gasteiger partial charge < -0.3 is 0 Å². The normalized spacial score (nSPS) is 13.0. The molecule has 2 heterocycles. The van der Waals surface area contributed by atoms with E-state index in [-0.39, 0.29) is 0 Å². The number of hydrogen-bond donors (Lipinski definition) is 2. The van der Waals surface area contributed by atoms with Crippen LogP contribution in [0.3, 0.4) is 0 Å². The first-order chi connectivity index (χ1) is 26.1. The molecule has 250 valence electrons. The maximum absolute atomic E-state index is 8.60. The van der Waals surface area contributed by atoms with Crippen LogP contribution in [0.15, 0.2) is 174 Å². The molecule has 1 N–H and O–H groups in total. The predicted octanol–water partition coefficient (Wildman–Crippen LogP) is 11.7. The fourth-order valence-electron chi connectivity index (χ4n) is 6.96.